The summed E-state index contributed by atoms with van der Waals surface area (Å²) < 4.78 is 18.3. The number of rotatable bonds is 6. The van der Waals surface area contributed by atoms with E-state index >= 15 is 0 Å². The van der Waals surface area contributed by atoms with Gasteiger partial charge in [0.15, 0.2) is 0 Å². The van der Waals surface area contributed by atoms with Crippen LogP contribution in [0.15, 0.2) is 35.9 Å². The molecule has 1 rings (SSSR count). The predicted molar refractivity (Wildman–Crippen MR) is 93.5 cm³/mol. The van der Waals surface area contributed by atoms with E-state index in [2.05, 4.69) is 19.9 Å². The average Bonchev–Trinajstić information content (AvgIpc) is 2.50. The molecule has 23 heavy (non-hydrogen) atoms. The zero-order valence-electron chi connectivity index (χ0n) is 14.9. The van der Waals surface area contributed by atoms with Crippen molar-refractivity contribution in [2.75, 3.05) is 7.11 Å². The van der Waals surface area contributed by atoms with Gasteiger partial charge in [0.05, 0.1) is 13.5 Å². The molecule has 1 unspecified atom stereocenters. The fourth-order valence-corrected chi connectivity index (χ4v) is 2.67. The van der Waals surface area contributed by atoms with Crippen LogP contribution in [0.5, 0.6) is 0 Å². The Hall–Kier alpha value is -1.90. The van der Waals surface area contributed by atoms with E-state index in [0.717, 1.165) is 11.1 Å². The second-order valence-electron chi connectivity index (χ2n) is 6.19. The van der Waals surface area contributed by atoms with Gasteiger partial charge in [-0.3, -0.25) is 4.79 Å². The quantitative estimate of drug-likeness (QED) is 0.524. The van der Waals surface area contributed by atoms with Crippen LogP contribution in [0.1, 0.15) is 45.2 Å². The Balaban J connectivity index is 3.17. The molecule has 0 spiro atoms. The van der Waals surface area contributed by atoms with E-state index in [1.54, 1.807) is 13.0 Å². The number of allylic oxidation sites excluding steroid dienone is 4. The second-order valence-corrected chi connectivity index (χ2v) is 6.19. The predicted octanol–water partition coefficient (Wildman–Crippen LogP) is 5.32. The maximum atomic E-state index is 13.5. The molecule has 1 atom stereocenters. The highest BCUT2D eigenvalue weighted by atomic mass is 19.1. The molecule has 1 aromatic rings. The Morgan fingerprint density at radius 2 is 1.96 bits per heavy atom. The van der Waals surface area contributed by atoms with E-state index < -0.39 is 0 Å². The number of carbonyl (C=O) groups excluding carboxylic acids is 1. The number of methoxy groups -OCH3 is 1. The highest BCUT2D eigenvalue weighted by molar-refractivity contribution is 5.75. The minimum atomic E-state index is -0.205. The van der Waals surface area contributed by atoms with Gasteiger partial charge in [-0.25, -0.2) is 4.39 Å². The van der Waals surface area contributed by atoms with Crippen molar-refractivity contribution in [2.24, 2.45) is 11.8 Å². The monoisotopic (exact) mass is 318 g/mol. The van der Waals surface area contributed by atoms with Crippen molar-refractivity contribution >= 4 is 11.5 Å². The summed E-state index contributed by atoms with van der Waals surface area (Å²) >= 11 is 0. The number of benzene rings is 1. The highest BCUT2D eigenvalue weighted by Gasteiger charge is 2.17. The lowest BCUT2D eigenvalue weighted by molar-refractivity contribution is -0.141. The molecule has 0 N–H and O–H groups in total. The summed E-state index contributed by atoms with van der Waals surface area (Å²) in [7, 11) is 1.41. The third-order valence-corrected chi connectivity index (χ3v) is 4.06. The highest BCUT2D eigenvalue weighted by Crippen LogP contribution is 2.28. The van der Waals surface area contributed by atoms with Crippen molar-refractivity contribution in [1.82, 2.24) is 0 Å². The number of carbonyl (C=O) groups is 1. The van der Waals surface area contributed by atoms with Crippen molar-refractivity contribution in [2.45, 2.75) is 41.0 Å². The van der Waals surface area contributed by atoms with Crippen molar-refractivity contribution in [1.29, 1.82) is 0 Å². The van der Waals surface area contributed by atoms with Crippen LogP contribution in [0.4, 0.5) is 4.39 Å². The Morgan fingerprint density at radius 1 is 1.30 bits per heavy atom. The van der Waals surface area contributed by atoms with Gasteiger partial charge in [0, 0.05) is 0 Å². The van der Waals surface area contributed by atoms with E-state index in [4.69, 9.17) is 4.74 Å². The maximum absolute atomic E-state index is 13.5. The van der Waals surface area contributed by atoms with Crippen LogP contribution < -0.4 is 0 Å². The minimum Gasteiger partial charge on any atom is -0.469 e. The molecule has 0 heterocycles. The first-order valence-electron chi connectivity index (χ1n) is 8.01. The standard InChI is InChI=1S/C20H27FO2/c1-7-16(17-8-9-19(21)15(5)10-17)12-18(13(2)3)14(4)11-20(22)23-6/h7-10,12-14H,11H2,1-6H3. The molecule has 0 aliphatic heterocycles. The normalized spacial score (nSPS) is 14.1. The molecule has 0 saturated carbocycles. The van der Waals surface area contributed by atoms with Crippen LogP contribution in [0.25, 0.3) is 5.57 Å². The summed E-state index contributed by atoms with van der Waals surface area (Å²) in [5.74, 6) is 0.00475. The number of halogens is 1. The first-order chi connectivity index (χ1) is 10.8. The number of aryl methyl sites for hydroxylation is 1. The topological polar surface area (TPSA) is 26.3 Å². The summed E-state index contributed by atoms with van der Waals surface area (Å²) in [4.78, 5) is 11.6. The van der Waals surface area contributed by atoms with Crippen LogP contribution in [-0.2, 0) is 9.53 Å². The molecule has 0 aliphatic rings. The molecule has 0 aliphatic carbocycles. The molecule has 126 valence electrons. The van der Waals surface area contributed by atoms with Gasteiger partial charge in [0.25, 0.3) is 0 Å². The number of hydrogen-bond donors (Lipinski definition) is 0. The zero-order chi connectivity index (χ0) is 17.6. The summed E-state index contributed by atoms with van der Waals surface area (Å²) in [6.07, 6.45) is 4.49. The molecule has 3 heteroatoms. The molecule has 2 nitrogen and oxygen atoms in total. The molecule has 1 aromatic carbocycles. The molecular weight excluding hydrogens is 291 g/mol. The number of hydrogen-bond acceptors (Lipinski definition) is 2. The van der Waals surface area contributed by atoms with Crippen LogP contribution in [-0.4, -0.2) is 13.1 Å². The number of esters is 1. The van der Waals surface area contributed by atoms with E-state index in [-0.39, 0.29) is 17.7 Å². The van der Waals surface area contributed by atoms with E-state index in [1.165, 1.54) is 18.7 Å². The van der Waals surface area contributed by atoms with Gasteiger partial charge in [-0.1, -0.05) is 44.6 Å². The van der Waals surface area contributed by atoms with Gasteiger partial charge in [0.1, 0.15) is 5.82 Å². The molecule has 0 bridgehead atoms. The third-order valence-electron chi connectivity index (χ3n) is 4.06. The SMILES string of the molecule is CC=C(C=C(C(C)C)C(C)CC(=O)OC)c1ccc(F)c(C)c1. The van der Waals surface area contributed by atoms with Gasteiger partial charge < -0.3 is 4.74 Å². The lowest BCUT2D eigenvalue weighted by Crippen LogP contribution is -2.12. The van der Waals surface area contributed by atoms with Crippen molar-refractivity contribution in [3.8, 4) is 0 Å². The van der Waals surface area contributed by atoms with Gasteiger partial charge in [-0.05, 0) is 54.5 Å². The lowest BCUT2D eigenvalue weighted by atomic mass is 9.86. The van der Waals surface area contributed by atoms with Crippen molar-refractivity contribution in [3.63, 3.8) is 0 Å². The smallest absolute Gasteiger partial charge is 0.306 e. The molecule has 0 aromatic heterocycles. The Kier molecular flexibility index (Phi) is 7.21. The fourth-order valence-electron chi connectivity index (χ4n) is 2.67. The van der Waals surface area contributed by atoms with E-state index in [1.807, 2.05) is 26.0 Å². The zero-order valence-corrected chi connectivity index (χ0v) is 14.9. The summed E-state index contributed by atoms with van der Waals surface area (Å²) in [5, 5.41) is 0. The molecular formula is C20H27FO2. The Bertz CT molecular complexity index is 612. The summed E-state index contributed by atoms with van der Waals surface area (Å²) in [6.45, 7) is 9.99. The van der Waals surface area contributed by atoms with Crippen molar-refractivity contribution < 1.29 is 13.9 Å². The lowest BCUT2D eigenvalue weighted by Gasteiger charge is -2.20. The second kappa shape index (κ2) is 8.66. The number of ether oxygens (including phenoxy) is 1. The van der Waals surface area contributed by atoms with Gasteiger partial charge in [-0.2, -0.15) is 0 Å². The van der Waals surface area contributed by atoms with Gasteiger partial charge in [-0.15, -0.1) is 0 Å². The summed E-state index contributed by atoms with van der Waals surface area (Å²) in [5.41, 5.74) is 3.83. The largest absolute Gasteiger partial charge is 0.469 e. The fraction of sp³-hybridized carbons (Fsp3) is 0.450. The third kappa shape index (κ3) is 5.34. The van der Waals surface area contributed by atoms with Gasteiger partial charge >= 0.3 is 5.97 Å². The van der Waals surface area contributed by atoms with Crippen LogP contribution in [0, 0.1) is 24.6 Å². The molecule has 0 radical (unpaired) electrons. The minimum absolute atomic E-state index is 0.0962. The van der Waals surface area contributed by atoms with Crippen molar-refractivity contribution in [3.05, 3.63) is 52.9 Å². The van der Waals surface area contributed by atoms with E-state index in [0.29, 0.717) is 17.9 Å². The van der Waals surface area contributed by atoms with Crippen LogP contribution in [0.3, 0.4) is 0 Å². The molecule has 0 saturated heterocycles. The summed E-state index contributed by atoms with van der Waals surface area (Å²) in [6, 6.07) is 5.14. The van der Waals surface area contributed by atoms with Crippen LogP contribution >= 0.6 is 0 Å². The van der Waals surface area contributed by atoms with E-state index in [9.17, 15) is 9.18 Å². The first-order valence-corrected chi connectivity index (χ1v) is 8.01. The maximum Gasteiger partial charge on any atom is 0.306 e. The molecule has 0 fully saturated rings. The van der Waals surface area contributed by atoms with Gasteiger partial charge in [0.2, 0.25) is 0 Å². The van der Waals surface area contributed by atoms with Crippen LogP contribution in [0.2, 0.25) is 0 Å². The molecule has 0 amide bonds. The Morgan fingerprint density at radius 3 is 2.43 bits per heavy atom. The average molecular weight is 318 g/mol. The Labute approximate surface area is 139 Å². The first kappa shape index (κ1) is 19.1.